The number of fused-ring (bicyclic) bond motifs is 1. The summed E-state index contributed by atoms with van der Waals surface area (Å²) in [6.45, 7) is 4.25. The van der Waals surface area contributed by atoms with Gasteiger partial charge in [-0.15, -0.1) is 0 Å². The summed E-state index contributed by atoms with van der Waals surface area (Å²) < 4.78 is 11.1. The summed E-state index contributed by atoms with van der Waals surface area (Å²) in [6, 6.07) is 8.44. The van der Waals surface area contributed by atoms with Crippen LogP contribution < -0.4 is 4.74 Å². The van der Waals surface area contributed by atoms with Crippen molar-refractivity contribution in [3.63, 3.8) is 0 Å². The van der Waals surface area contributed by atoms with E-state index >= 15 is 0 Å². The zero-order valence-corrected chi connectivity index (χ0v) is 11.1. The van der Waals surface area contributed by atoms with Gasteiger partial charge in [-0.3, -0.25) is 4.90 Å². The highest BCUT2D eigenvalue weighted by atomic mass is 16.5. The van der Waals surface area contributed by atoms with E-state index in [0.29, 0.717) is 12.5 Å². The Bertz CT molecular complexity index is 424. The second-order valence-corrected chi connectivity index (χ2v) is 5.28. The van der Waals surface area contributed by atoms with Gasteiger partial charge in [0.25, 0.3) is 0 Å². The molecule has 2 atom stereocenters. The zero-order chi connectivity index (χ0) is 13.1. The Morgan fingerprint density at radius 1 is 1.26 bits per heavy atom. The summed E-state index contributed by atoms with van der Waals surface area (Å²) >= 11 is 0. The maximum Gasteiger partial charge on any atom is 0.122 e. The number of para-hydroxylation sites is 1. The van der Waals surface area contributed by atoms with Gasteiger partial charge >= 0.3 is 0 Å². The summed E-state index contributed by atoms with van der Waals surface area (Å²) in [5, 5.41) is 9.44. The lowest BCUT2D eigenvalue weighted by Gasteiger charge is -2.38. The van der Waals surface area contributed by atoms with E-state index in [1.807, 2.05) is 12.1 Å². The average molecular weight is 263 g/mol. The maximum atomic E-state index is 9.44. The summed E-state index contributed by atoms with van der Waals surface area (Å²) in [7, 11) is 0. The van der Waals surface area contributed by atoms with Gasteiger partial charge in [-0.2, -0.15) is 0 Å². The Morgan fingerprint density at radius 3 is 3.05 bits per heavy atom. The molecule has 2 aliphatic heterocycles. The minimum absolute atomic E-state index is 0.142. The van der Waals surface area contributed by atoms with E-state index in [-0.39, 0.29) is 12.6 Å². The molecule has 3 rings (SSSR count). The van der Waals surface area contributed by atoms with Crippen LogP contribution in [0.15, 0.2) is 24.3 Å². The lowest BCUT2D eigenvalue weighted by molar-refractivity contribution is -0.0309. The van der Waals surface area contributed by atoms with E-state index < -0.39 is 0 Å². The molecule has 4 heteroatoms. The Balaban J connectivity index is 1.73. The number of hydrogen-bond donors (Lipinski definition) is 1. The molecule has 2 unspecified atom stereocenters. The molecular formula is C15H21NO3. The summed E-state index contributed by atoms with van der Waals surface area (Å²) in [5.41, 5.74) is 1.30. The molecule has 0 saturated carbocycles. The second kappa shape index (κ2) is 5.90. The number of aliphatic hydroxyl groups is 1. The highest BCUT2D eigenvalue weighted by Crippen LogP contribution is 2.34. The van der Waals surface area contributed by atoms with Crippen molar-refractivity contribution in [1.82, 2.24) is 4.90 Å². The first-order chi connectivity index (χ1) is 9.38. The molecule has 1 aromatic carbocycles. The van der Waals surface area contributed by atoms with Gasteiger partial charge in [-0.05, 0) is 18.1 Å². The number of rotatable bonds is 3. The molecule has 0 spiro atoms. The summed E-state index contributed by atoms with van der Waals surface area (Å²) in [5.74, 6) is 1.52. The number of nitrogens with zero attached hydrogens (tertiary/aromatic N) is 1. The first-order valence-corrected chi connectivity index (χ1v) is 7.03. The first-order valence-electron chi connectivity index (χ1n) is 7.03. The van der Waals surface area contributed by atoms with E-state index in [1.54, 1.807) is 0 Å². The molecule has 0 radical (unpaired) electrons. The molecule has 2 heterocycles. The third-order valence-corrected chi connectivity index (χ3v) is 4.10. The predicted octanol–water partition coefficient (Wildman–Crippen LogP) is 1.25. The lowest BCUT2D eigenvalue weighted by atomic mass is 9.92. The third kappa shape index (κ3) is 2.76. The molecule has 1 fully saturated rings. The third-order valence-electron chi connectivity index (χ3n) is 4.10. The predicted molar refractivity (Wildman–Crippen MR) is 72.6 cm³/mol. The monoisotopic (exact) mass is 263 g/mol. The summed E-state index contributed by atoms with van der Waals surface area (Å²) in [4.78, 5) is 2.36. The van der Waals surface area contributed by atoms with Crippen LogP contribution in [0.5, 0.6) is 5.75 Å². The van der Waals surface area contributed by atoms with Crippen LogP contribution in [-0.4, -0.2) is 55.6 Å². The fraction of sp³-hybridized carbons (Fsp3) is 0.600. The lowest BCUT2D eigenvalue weighted by Crippen LogP contribution is -2.49. The molecule has 19 heavy (non-hydrogen) atoms. The van der Waals surface area contributed by atoms with Gasteiger partial charge in [0.1, 0.15) is 5.75 Å². The number of hydrogen-bond acceptors (Lipinski definition) is 4. The van der Waals surface area contributed by atoms with Gasteiger partial charge in [-0.25, -0.2) is 0 Å². The van der Waals surface area contributed by atoms with E-state index in [0.717, 1.165) is 38.5 Å². The highest BCUT2D eigenvalue weighted by molar-refractivity contribution is 5.37. The van der Waals surface area contributed by atoms with Crippen LogP contribution in [0.25, 0.3) is 0 Å². The van der Waals surface area contributed by atoms with Crippen LogP contribution in [-0.2, 0) is 4.74 Å². The second-order valence-electron chi connectivity index (χ2n) is 5.28. The van der Waals surface area contributed by atoms with Gasteiger partial charge in [-0.1, -0.05) is 18.2 Å². The van der Waals surface area contributed by atoms with E-state index in [2.05, 4.69) is 17.0 Å². The van der Waals surface area contributed by atoms with Crippen molar-refractivity contribution in [2.45, 2.75) is 18.4 Å². The number of aliphatic hydroxyl groups excluding tert-OH is 1. The molecule has 4 nitrogen and oxygen atoms in total. The van der Waals surface area contributed by atoms with Crippen LogP contribution in [0.2, 0.25) is 0 Å². The molecule has 0 bridgehead atoms. The fourth-order valence-corrected chi connectivity index (χ4v) is 2.99. The Hall–Kier alpha value is -1.10. The van der Waals surface area contributed by atoms with Crippen LogP contribution >= 0.6 is 0 Å². The number of ether oxygens (including phenoxy) is 2. The molecule has 1 N–H and O–H groups in total. The van der Waals surface area contributed by atoms with Crippen molar-refractivity contribution in [2.75, 3.05) is 39.5 Å². The van der Waals surface area contributed by atoms with Gasteiger partial charge in [0.05, 0.1) is 32.5 Å². The van der Waals surface area contributed by atoms with Crippen LogP contribution in [0.3, 0.4) is 0 Å². The molecule has 1 saturated heterocycles. The highest BCUT2D eigenvalue weighted by Gasteiger charge is 2.28. The fourth-order valence-electron chi connectivity index (χ4n) is 2.99. The van der Waals surface area contributed by atoms with Gasteiger partial charge in [0.15, 0.2) is 0 Å². The van der Waals surface area contributed by atoms with Gasteiger partial charge < -0.3 is 14.6 Å². The normalized spacial score (nSPS) is 27.6. The van der Waals surface area contributed by atoms with Crippen LogP contribution in [0.4, 0.5) is 0 Å². The van der Waals surface area contributed by atoms with E-state index in [1.165, 1.54) is 5.56 Å². The molecule has 0 aliphatic carbocycles. The molecule has 0 aromatic heterocycles. The van der Waals surface area contributed by atoms with Crippen LogP contribution in [0.1, 0.15) is 17.9 Å². The first kappa shape index (κ1) is 12.9. The van der Waals surface area contributed by atoms with E-state index in [9.17, 15) is 5.11 Å². The SMILES string of the molecule is OCC1COCCN1CC1CCOc2ccccc21. The van der Waals surface area contributed by atoms with E-state index in [4.69, 9.17) is 9.47 Å². The molecular weight excluding hydrogens is 242 g/mol. The minimum Gasteiger partial charge on any atom is -0.493 e. The zero-order valence-electron chi connectivity index (χ0n) is 11.1. The maximum absolute atomic E-state index is 9.44. The van der Waals surface area contributed by atoms with Crippen molar-refractivity contribution in [2.24, 2.45) is 0 Å². The standard InChI is InChI=1S/C15H21NO3/c17-10-13-11-18-8-6-16(13)9-12-5-7-19-15-4-2-1-3-14(12)15/h1-4,12-13,17H,5-11H2. The molecule has 0 amide bonds. The quantitative estimate of drug-likeness (QED) is 0.891. The van der Waals surface area contributed by atoms with Crippen molar-refractivity contribution in [3.8, 4) is 5.75 Å². The van der Waals surface area contributed by atoms with Gasteiger partial charge in [0.2, 0.25) is 0 Å². The van der Waals surface area contributed by atoms with Crippen molar-refractivity contribution < 1.29 is 14.6 Å². The van der Waals surface area contributed by atoms with Crippen molar-refractivity contribution in [3.05, 3.63) is 29.8 Å². The number of benzene rings is 1. The van der Waals surface area contributed by atoms with Crippen LogP contribution in [0, 0.1) is 0 Å². The molecule has 104 valence electrons. The number of morpholine rings is 1. The smallest absolute Gasteiger partial charge is 0.122 e. The Kier molecular flexibility index (Phi) is 4.01. The Labute approximate surface area is 113 Å². The van der Waals surface area contributed by atoms with Crippen molar-refractivity contribution >= 4 is 0 Å². The topological polar surface area (TPSA) is 41.9 Å². The van der Waals surface area contributed by atoms with Gasteiger partial charge in [0, 0.05) is 19.0 Å². The van der Waals surface area contributed by atoms with Crippen molar-refractivity contribution in [1.29, 1.82) is 0 Å². The average Bonchev–Trinajstić information content (AvgIpc) is 2.48. The minimum atomic E-state index is 0.142. The molecule has 2 aliphatic rings. The largest absolute Gasteiger partial charge is 0.493 e. The summed E-state index contributed by atoms with van der Waals surface area (Å²) in [6.07, 6.45) is 1.05. The Morgan fingerprint density at radius 2 is 2.16 bits per heavy atom. The molecule has 1 aromatic rings.